The number of rotatable bonds is 4. The van der Waals surface area contributed by atoms with Gasteiger partial charge in [0, 0.05) is 10.2 Å². The van der Waals surface area contributed by atoms with Crippen LogP contribution in [0.25, 0.3) is 11.1 Å². The minimum absolute atomic E-state index is 0.621. The van der Waals surface area contributed by atoms with E-state index in [0.29, 0.717) is 6.54 Å². The van der Waals surface area contributed by atoms with Gasteiger partial charge >= 0.3 is 0 Å². The third-order valence-electron chi connectivity index (χ3n) is 3.40. The fourth-order valence-electron chi connectivity index (χ4n) is 2.35. The van der Waals surface area contributed by atoms with Gasteiger partial charge in [-0.25, -0.2) is 0 Å². The van der Waals surface area contributed by atoms with Gasteiger partial charge in [0.05, 0.1) is 6.54 Å². The smallest absolute Gasteiger partial charge is 0.124 e. The van der Waals surface area contributed by atoms with Crippen molar-refractivity contribution in [1.29, 1.82) is 0 Å². The molecule has 3 rings (SSSR count). The van der Waals surface area contributed by atoms with E-state index in [9.17, 15) is 0 Å². The number of benzene rings is 2. The summed E-state index contributed by atoms with van der Waals surface area (Å²) in [6.07, 6.45) is 0. The zero-order chi connectivity index (χ0) is 17.4. The molecule has 0 unspecified atom stereocenters. The van der Waals surface area contributed by atoms with Crippen LogP contribution in [-0.2, 0) is 6.54 Å². The Kier molecular flexibility index (Phi) is 6.76. The highest BCUT2D eigenvalue weighted by molar-refractivity contribution is 7.71. The zero-order valence-corrected chi connectivity index (χ0v) is 15.2. The molecular formula is C21H23NOS. The van der Waals surface area contributed by atoms with Gasteiger partial charge in [0.15, 0.2) is 0 Å². The second-order valence-electron chi connectivity index (χ2n) is 5.17. The second-order valence-corrected chi connectivity index (χ2v) is 5.64. The maximum Gasteiger partial charge on any atom is 0.124 e. The molecule has 0 radical (unpaired) electrons. The standard InChI is InChI=1S/C19H17NOS.C2H6/c1-14-11-19(22)12-18(21-14)13-20-17-9-7-16(8-10-17)15-5-3-2-4-6-15;1-2/h2-12,20H,13H2,1H3;1-2H3. The van der Waals surface area contributed by atoms with E-state index >= 15 is 0 Å². The van der Waals surface area contributed by atoms with Crippen LogP contribution in [-0.4, -0.2) is 0 Å². The first-order valence-electron chi connectivity index (χ1n) is 8.21. The lowest BCUT2D eigenvalue weighted by Gasteiger charge is -2.08. The van der Waals surface area contributed by atoms with Gasteiger partial charge in [-0.3, -0.25) is 0 Å². The van der Waals surface area contributed by atoms with Gasteiger partial charge < -0.3 is 9.73 Å². The quantitative estimate of drug-likeness (QED) is 0.541. The molecule has 0 saturated carbocycles. The van der Waals surface area contributed by atoms with E-state index in [1.54, 1.807) is 0 Å². The summed E-state index contributed by atoms with van der Waals surface area (Å²) in [6.45, 7) is 6.53. The average Bonchev–Trinajstić information content (AvgIpc) is 2.62. The van der Waals surface area contributed by atoms with Crippen molar-refractivity contribution in [3.63, 3.8) is 0 Å². The fraction of sp³-hybridized carbons (Fsp3) is 0.190. The molecule has 0 atom stereocenters. The number of hydrogen-bond acceptors (Lipinski definition) is 3. The highest BCUT2D eigenvalue weighted by Crippen LogP contribution is 2.21. The van der Waals surface area contributed by atoms with E-state index in [4.69, 9.17) is 16.6 Å². The molecule has 24 heavy (non-hydrogen) atoms. The van der Waals surface area contributed by atoms with Crippen molar-refractivity contribution < 1.29 is 4.42 Å². The summed E-state index contributed by atoms with van der Waals surface area (Å²) in [6, 6.07) is 22.5. The van der Waals surface area contributed by atoms with Crippen LogP contribution in [0.1, 0.15) is 25.4 Å². The summed E-state index contributed by atoms with van der Waals surface area (Å²) in [5, 5.41) is 3.35. The van der Waals surface area contributed by atoms with Gasteiger partial charge in [0.2, 0.25) is 0 Å². The van der Waals surface area contributed by atoms with E-state index in [1.807, 2.05) is 51.1 Å². The SMILES string of the molecule is CC.Cc1cc(=S)cc(CNc2ccc(-c3ccccc3)cc2)o1. The first-order valence-corrected chi connectivity index (χ1v) is 8.61. The van der Waals surface area contributed by atoms with Crippen LogP contribution in [0.3, 0.4) is 0 Å². The maximum absolute atomic E-state index is 5.64. The molecule has 1 N–H and O–H groups in total. The molecule has 124 valence electrons. The Morgan fingerprint density at radius 3 is 2.12 bits per heavy atom. The molecule has 0 aliphatic rings. The summed E-state index contributed by atoms with van der Waals surface area (Å²) in [4.78, 5) is 0. The summed E-state index contributed by atoms with van der Waals surface area (Å²) < 4.78 is 6.45. The van der Waals surface area contributed by atoms with Gasteiger partial charge in [0.1, 0.15) is 11.5 Å². The number of hydrogen-bond donors (Lipinski definition) is 1. The molecule has 0 saturated heterocycles. The molecule has 0 amide bonds. The fourth-order valence-corrected chi connectivity index (χ4v) is 2.65. The predicted molar refractivity (Wildman–Crippen MR) is 105 cm³/mol. The van der Waals surface area contributed by atoms with E-state index in [1.165, 1.54) is 11.1 Å². The highest BCUT2D eigenvalue weighted by Gasteiger charge is 2.00. The van der Waals surface area contributed by atoms with Crippen LogP contribution in [0, 0.1) is 11.4 Å². The lowest BCUT2D eigenvalue weighted by Crippen LogP contribution is -1.99. The van der Waals surface area contributed by atoms with Crippen LogP contribution >= 0.6 is 12.2 Å². The molecule has 0 bridgehead atoms. The molecule has 0 fully saturated rings. The Balaban J connectivity index is 0.00000100. The van der Waals surface area contributed by atoms with Crippen molar-refractivity contribution in [3.8, 4) is 11.1 Å². The van der Waals surface area contributed by atoms with Crippen LogP contribution < -0.4 is 5.32 Å². The molecule has 0 aliphatic heterocycles. The lowest BCUT2D eigenvalue weighted by atomic mass is 10.1. The molecule has 0 aliphatic carbocycles. The van der Waals surface area contributed by atoms with Crippen molar-refractivity contribution >= 4 is 17.9 Å². The average molecular weight is 337 g/mol. The Hall–Kier alpha value is -2.39. The van der Waals surface area contributed by atoms with E-state index in [2.05, 4.69) is 41.7 Å². The van der Waals surface area contributed by atoms with Crippen molar-refractivity contribution in [2.45, 2.75) is 27.3 Å². The number of anilines is 1. The molecule has 3 aromatic rings. The topological polar surface area (TPSA) is 25.2 Å². The Labute approximate surface area is 149 Å². The molecule has 0 spiro atoms. The third-order valence-corrected chi connectivity index (χ3v) is 3.64. The van der Waals surface area contributed by atoms with Crippen molar-refractivity contribution in [2.24, 2.45) is 0 Å². The molecule has 3 heteroatoms. The van der Waals surface area contributed by atoms with Crippen molar-refractivity contribution in [1.82, 2.24) is 0 Å². The summed E-state index contributed by atoms with van der Waals surface area (Å²) in [7, 11) is 0. The van der Waals surface area contributed by atoms with Crippen molar-refractivity contribution in [3.05, 3.63) is 82.8 Å². The third kappa shape index (κ3) is 5.07. The Bertz CT molecular complexity index is 807. The summed E-state index contributed by atoms with van der Waals surface area (Å²) in [5.41, 5.74) is 3.49. The van der Waals surface area contributed by atoms with Gasteiger partial charge in [-0.05, 0) is 42.3 Å². The van der Waals surface area contributed by atoms with Gasteiger partial charge in [-0.15, -0.1) is 0 Å². The minimum atomic E-state index is 0.621. The van der Waals surface area contributed by atoms with Crippen LogP contribution in [0.2, 0.25) is 0 Å². The molecule has 2 aromatic carbocycles. The first kappa shape index (κ1) is 18.0. The highest BCUT2D eigenvalue weighted by atomic mass is 32.1. The van der Waals surface area contributed by atoms with E-state index in [-0.39, 0.29) is 0 Å². The van der Waals surface area contributed by atoms with Crippen LogP contribution in [0.15, 0.2) is 71.1 Å². The van der Waals surface area contributed by atoms with Gasteiger partial charge in [-0.2, -0.15) is 0 Å². The largest absolute Gasteiger partial charge is 0.464 e. The van der Waals surface area contributed by atoms with E-state index < -0.39 is 0 Å². The first-order chi connectivity index (χ1) is 11.7. The van der Waals surface area contributed by atoms with Crippen LogP contribution in [0.4, 0.5) is 5.69 Å². The van der Waals surface area contributed by atoms with Crippen molar-refractivity contribution in [2.75, 3.05) is 5.32 Å². The Morgan fingerprint density at radius 1 is 0.875 bits per heavy atom. The Morgan fingerprint density at radius 2 is 1.50 bits per heavy atom. The molecule has 1 heterocycles. The molecule has 2 nitrogen and oxygen atoms in total. The monoisotopic (exact) mass is 337 g/mol. The summed E-state index contributed by atoms with van der Waals surface area (Å²) >= 11 is 5.20. The predicted octanol–water partition coefficient (Wildman–Crippen LogP) is 6.62. The van der Waals surface area contributed by atoms with Gasteiger partial charge in [0.25, 0.3) is 0 Å². The van der Waals surface area contributed by atoms with E-state index in [0.717, 1.165) is 21.7 Å². The molecule has 1 aromatic heterocycles. The summed E-state index contributed by atoms with van der Waals surface area (Å²) in [5.74, 6) is 1.68. The second kappa shape index (κ2) is 9.04. The van der Waals surface area contributed by atoms with Crippen LogP contribution in [0.5, 0.6) is 0 Å². The lowest BCUT2D eigenvalue weighted by molar-refractivity contribution is 0.471. The maximum atomic E-state index is 5.64. The normalized spacial score (nSPS) is 9.79. The van der Waals surface area contributed by atoms with Gasteiger partial charge in [-0.1, -0.05) is 68.5 Å². The number of aryl methyl sites for hydroxylation is 1. The minimum Gasteiger partial charge on any atom is -0.464 e. The number of nitrogens with one attached hydrogen (secondary N) is 1. The molecular weight excluding hydrogens is 314 g/mol. The zero-order valence-electron chi connectivity index (χ0n) is 14.4.